The van der Waals surface area contributed by atoms with Crippen LogP contribution < -0.4 is 5.32 Å². The molecule has 5 heteroatoms. The zero-order valence-electron chi connectivity index (χ0n) is 16.1. The van der Waals surface area contributed by atoms with E-state index in [0.717, 1.165) is 43.7 Å². The van der Waals surface area contributed by atoms with Crippen LogP contribution in [0.1, 0.15) is 39.9 Å². The highest BCUT2D eigenvalue weighted by Gasteiger charge is 2.19. The van der Waals surface area contributed by atoms with Gasteiger partial charge in [-0.05, 0) is 48.2 Å². The molecule has 0 amide bonds. The summed E-state index contributed by atoms with van der Waals surface area (Å²) >= 11 is 0. The summed E-state index contributed by atoms with van der Waals surface area (Å²) in [7, 11) is 1.38. The maximum absolute atomic E-state index is 11.5. The number of hydrogen-bond donors (Lipinski definition) is 1. The Morgan fingerprint density at radius 3 is 2.32 bits per heavy atom. The molecule has 28 heavy (non-hydrogen) atoms. The molecule has 3 rings (SSSR count). The second kappa shape index (κ2) is 9.20. The molecule has 1 heterocycles. The highest BCUT2D eigenvalue weighted by Crippen LogP contribution is 2.18. The summed E-state index contributed by atoms with van der Waals surface area (Å²) in [4.78, 5) is 14.0. The minimum absolute atomic E-state index is 0.334. The number of likely N-dealkylation sites (tertiary alicyclic amines) is 1. The number of carbonyl (C=O) groups excluding carboxylic acids is 1. The molecule has 144 valence electrons. The first-order valence-electron chi connectivity index (χ1n) is 9.44. The first-order chi connectivity index (χ1) is 13.6. The number of methoxy groups -OCH3 is 1. The number of rotatable bonds is 6. The fourth-order valence-electron chi connectivity index (χ4n) is 3.43. The van der Waals surface area contributed by atoms with Gasteiger partial charge in [0.05, 0.1) is 24.3 Å². The Kier molecular flexibility index (Phi) is 6.46. The van der Waals surface area contributed by atoms with Gasteiger partial charge < -0.3 is 10.1 Å². The summed E-state index contributed by atoms with van der Waals surface area (Å²) in [5.41, 5.74) is 4.33. The van der Waals surface area contributed by atoms with Crippen molar-refractivity contribution < 1.29 is 9.53 Å². The standard InChI is InChI=1S/C23H25N3O2/c1-17(20-7-9-21(10-8-20)23(27)28-2)25-22-11-13-26(14-12-22)16-19-5-3-18(15-24)4-6-19/h3-10,22,25H,1,11-14,16H2,2H3. The third-order valence-corrected chi connectivity index (χ3v) is 5.11. The van der Waals surface area contributed by atoms with Crippen molar-refractivity contribution in [2.24, 2.45) is 0 Å². The van der Waals surface area contributed by atoms with Gasteiger partial charge in [-0.15, -0.1) is 0 Å². The van der Waals surface area contributed by atoms with Gasteiger partial charge in [-0.3, -0.25) is 4.90 Å². The van der Waals surface area contributed by atoms with Crippen LogP contribution in [0.3, 0.4) is 0 Å². The molecule has 0 unspecified atom stereocenters. The molecule has 0 bridgehead atoms. The average molecular weight is 375 g/mol. The lowest BCUT2D eigenvalue weighted by Crippen LogP contribution is -2.41. The largest absolute Gasteiger partial charge is 0.465 e. The molecule has 5 nitrogen and oxygen atoms in total. The van der Waals surface area contributed by atoms with E-state index in [-0.39, 0.29) is 5.97 Å². The molecule has 0 spiro atoms. The maximum Gasteiger partial charge on any atom is 0.337 e. The van der Waals surface area contributed by atoms with Crippen LogP contribution in [0.2, 0.25) is 0 Å². The second-order valence-electron chi connectivity index (χ2n) is 7.05. The molecule has 1 saturated heterocycles. The summed E-state index contributed by atoms with van der Waals surface area (Å²) in [6, 6.07) is 17.7. The van der Waals surface area contributed by atoms with Crippen molar-refractivity contribution in [2.45, 2.75) is 25.4 Å². The quantitative estimate of drug-likeness (QED) is 0.782. The predicted molar refractivity (Wildman–Crippen MR) is 109 cm³/mol. The predicted octanol–water partition coefficient (Wildman–Crippen LogP) is 3.57. The molecule has 0 saturated carbocycles. The van der Waals surface area contributed by atoms with E-state index < -0.39 is 0 Å². The number of piperidine rings is 1. The van der Waals surface area contributed by atoms with Crippen molar-refractivity contribution in [2.75, 3.05) is 20.2 Å². The lowest BCUT2D eigenvalue weighted by Gasteiger charge is -2.33. The first-order valence-corrected chi connectivity index (χ1v) is 9.44. The maximum atomic E-state index is 11.5. The van der Waals surface area contributed by atoms with Gasteiger partial charge in [0.2, 0.25) is 0 Å². The summed E-state index contributed by atoms with van der Waals surface area (Å²) in [6.07, 6.45) is 2.10. The van der Waals surface area contributed by atoms with Crippen molar-refractivity contribution in [1.82, 2.24) is 10.2 Å². The van der Waals surface area contributed by atoms with Crippen molar-refractivity contribution in [3.8, 4) is 6.07 Å². The van der Waals surface area contributed by atoms with E-state index in [1.165, 1.54) is 12.7 Å². The van der Waals surface area contributed by atoms with E-state index in [9.17, 15) is 4.79 Å². The number of ether oxygens (including phenoxy) is 1. The average Bonchev–Trinajstić information content (AvgIpc) is 2.75. The van der Waals surface area contributed by atoms with Crippen LogP contribution in [0.25, 0.3) is 5.70 Å². The van der Waals surface area contributed by atoms with Gasteiger partial charge in [-0.2, -0.15) is 5.26 Å². The Morgan fingerprint density at radius 1 is 1.14 bits per heavy atom. The van der Waals surface area contributed by atoms with E-state index in [1.54, 1.807) is 12.1 Å². The number of hydrogen-bond acceptors (Lipinski definition) is 5. The Balaban J connectivity index is 1.47. The molecule has 0 aliphatic carbocycles. The van der Waals surface area contributed by atoms with Crippen LogP contribution in [0.15, 0.2) is 55.1 Å². The van der Waals surface area contributed by atoms with Gasteiger partial charge in [0.25, 0.3) is 0 Å². The number of carbonyl (C=O) groups is 1. The minimum atomic E-state index is -0.334. The zero-order chi connectivity index (χ0) is 19.9. The molecule has 0 aromatic heterocycles. The minimum Gasteiger partial charge on any atom is -0.465 e. The highest BCUT2D eigenvalue weighted by atomic mass is 16.5. The van der Waals surface area contributed by atoms with Crippen LogP contribution in [0.5, 0.6) is 0 Å². The summed E-state index contributed by atoms with van der Waals surface area (Å²) < 4.78 is 4.73. The number of esters is 1. The van der Waals surface area contributed by atoms with Crippen LogP contribution in [0.4, 0.5) is 0 Å². The van der Waals surface area contributed by atoms with Gasteiger partial charge >= 0.3 is 5.97 Å². The Morgan fingerprint density at radius 2 is 1.75 bits per heavy atom. The summed E-state index contributed by atoms with van der Waals surface area (Å²) in [5.74, 6) is -0.334. The third-order valence-electron chi connectivity index (χ3n) is 5.11. The lowest BCUT2D eigenvalue weighted by molar-refractivity contribution is 0.0600. The number of nitriles is 1. The second-order valence-corrected chi connectivity index (χ2v) is 7.05. The molecule has 1 aliphatic rings. The van der Waals surface area contributed by atoms with Gasteiger partial charge in [-0.25, -0.2) is 4.79 Å². The molecule has 1 N–H and O–H groups in total. The van der Waals surface area contributed by atoms with Crippen molar-refractivity contribution >= 4 is 11.7 Å². The van der Waals surface area contributed by atoms with Gasteiger partial charge in [0.15, 0.2) is 0 Å². The normalized spacial score (nSPS) is 14.9. The number of nitrogens with one attached hydrogen (secondary N) is 1. The summed E-state index contributed by atoms with van der Waals surface area (Å²) in [6.45, 7) is 7.10. The van der Waals surface area contributed by atoms with Crippen LogP contribution >= 0.6 is 0 Å². The molecule has 0 atom stereocenters. The lowest BCUT2D eigenvalue weighted by atomic mass is 10.0. The first kappa shape index (κ1) is 19.7. The SMILES string of the molecule is C=C(NC1CCN(Cc2ccc(C#N)cc2)CC1)c1ccc(C(=O)OC)cc1. The molecule has 1 aliphatic heterocycles. The zero-order valence-corrected chi connectivity index (χ0v) is 16.1. The molecule has 1 fully saturated rings. The van der Waals surface area contributed by atoms with E-state index in [4.69, 9.17) is 10.00 Å². The molecule has 0 radical (unpaired) electrons. The number of benzene rings is 2. The highest BCUT2D eigenvalue weighted by molar-refractivity contribution is 5.89. The van der Waals surface area contributed by atoms with Crippen molar-refractivity contribution in [3.05, 3.63) is 77.4 Å². The van der Waals surface area contributed by atoms with E-state index in [1.807, 2.05) is 36.4 Å². The molecular formula is C23H25N3O2. The topological polar surface area (TPSA) is 65.4 Å². The molecule has 2 aromatic rings. The Labute approximate surface area is 166 Å². The van der Waals surface area contributed by atoms with Gasteiger partial charge in [0, 0.05) is 31.4 Å². The van der Waals surface area contributed by atoms with Gasteiger partial charge in [-0.1, -0.05) is 30.8 Å². The third kappa shape index (κ3) is 4.99. The van der Waals surface area contributed by atoms with Crippen LogP contribution in [-0.4, -0.2) is 37.1 Å². The summed E-state index contributed by atoms with van der Waals surface area (Å²) in [5, 5.41) is 12.4. The fourth-order valence-corrected chi connectivity index (χ4v) is 3.43. The van der Waals surface area contributed by atoms with Crippen molar-refractivity contribution in [3.63, 3.8) is 0 Å². The molecule has 2 aromatic carbocycles. The van der Waals surface area contributed by atoms with Gasteiger partial charge in [0.1, 0.15) is 0 Å². The Hall–Kier alpha value is -3.10. The smallest absolute Gasteiger partial charge is 0.337 e. The van der Waals surface area contributed by atoms with Crippen LogP contribution in [-0.2, 0) is 11.3 Å². The van der Waals surface area contributed by atoms with E-state index in [2.05, 4.69) is 22.9 Å². The molecular weight excluding hydrogens is 350 g/mol. The van der Waals surface area contributed by atoms with Crippen molar-refractivity contribution in [1.29, 1.82) is 5.26 Å². The Bertz CT molecular complexity index is 858. The fraction of sp³-hybridized carbons (Fsp3) is 0.304. The number of nitrogens with zero attached hydrogens (tertiary/aromatic N) is 2. The van der Waals surface area contributed by atoms with E-state index in [0.29, 0.717) is 17.2 Å². The van der Waals surface area contributed by atoms with E-state index >= 15 is 0 Å². The van der Waals surface area contributed by atoms with Crippen LogP contribution in [0, 0.1) is 11.3 Å². The monoisotopic (exact) mass is 375 g/mol.